The molecule has 5 aliphatic rings. The number of aliphatic hydroxyl groups is 4. The lowest BCUT2D eigenvalue weighted by molar-refractivity contribution is -0.591. The quantitative estimate of drug-likeness (QED) is 0.335. The van der Waals surface area contributed by atoms with Crippen LogP contribution in [0.15, 0.2) is 0 Å². The van der Waals surface area contributed by atoms with Crippen LogP contribution in [0, 0.1) is 0 Å². The fourth-order valence-electron chi connectivity index (χ4n) is 3.43. The van der Waals surface area contributed by atoms with Crippen LogP contribution in [0.2, 0.25) is 0 Å². The Bertz CT molecular complexity index is 834. The van der Waals surface area contributed by atoms with Gasteiger partial charge in [0.2, 0.25) is 5.91 Å². The lowest BCUT2D eigenvalue weighted by Gasteiger charge is -2.59. The van der Waals surface area contributed by atoms with E-state index in [-0.39, 0.29) is 5.06 Å². The van der Waals surface area contributed by atoms with E-state index in [9.17, 15) is 34.4 Å². The number of fused-ring (bicyclic) bond motifs is 2. The lowest BCUT2D eigenvalue weighted by Crippen LogP contribution is -2.90. The highest BCUT2D eigenvalue weighted by Gasteiger charge is 3.03. The van der Waals surface area contributed by atoms with Crippen LogP contribution in [-0.2, 0) is 45.9 Å². The topological polar surface area (TPSA) is 200 Å². The third kappa shape index (κ3) is 1.35. The Morgan fingerprint density at radius 3 is 2.24 bits per heavy atom. The fraction of sp³-hybridized carbons (Fsp3) is 0.875. The molecule has 4 N–H and O–H groups in total. The zero-order valence-corrected chi connectivity index (χ0v) is 13.7. The number of hydrogen-bond donors (Lipinski definition) is 4. The van der Waals surface area contributed by atoms with Crippen LogP contribution >= 0.6 is 15.6 Å². The normalized spacial score (nSPS) is 64.0. The highest BCUT2D eigenvalue weighted by atomic mass is 31.2. The minimum atomic E-state index is -4.93. The molecule has 5 fully saturated rings. The summed E-state index contributed by atoms with van der Waals surface area (Å²) in [4.78, 5) is 12.0. The number of phosphoric acid groups is 2. The predicted octanol–water partition coefficient (Wildman–Crippen LogP) is -2.44. The monoisotopic (exact) mass is 405 g/mol. The molecule has 3 unspecified atom stereocenters. The van der Waals surface area contributed by atoms with Gasteiger partial charge in [-0.05, 0) is 0 Å². The third-order valence-electron chi connectivity index (χ3n) is 4.35. The van der Waals surface area contributed by atoms with Crippen molar-refractivity contribution in [1.29, 1.82) is 0 Å². The summed E-state index contributed by atoms with van der Waals surface area (Å²) in [7, 11) is -9.77. The van der Waals surface area contributed by atoms with Crippen molar-refractivity contribution in [2.24, 2.45) is 0 Å². The Labute approximate surface area is 136 Å². The molecule has 1 spiro atoms. The molecule has 0 saturated carbocycles. The molecule has 17 heteroatoms. The molecule has 0 aromatic carbocycles. The molecule has 15 nitrogen and oxygen atoms in total. The zero-order valence-electron chi connectivity index (χ0n) is 11.9. The van der Waals surface area contributed by atoms with Gasteiger partial charge in [-0.25, -0.2) is 31.7 Å². The van der Waals surface area contributed by atoms with Gasteiger partial charge in [0.05, 0.1) is 0 Å². The summed E-state index contributed by atoms with van der Waals surface area (Å²) < 4.78 is 58.5. The second-order valence-electron chi connectivity index (χ2n) is 5.77. The highest BCUT2D eigenvalue weighted by molar-refractivity contribution is 7.49. The second-order valence-corrected chi connectivity index (χ2v) is 8.64. The van der Waals surface area contributed by atoms with Crippen LogP contribution in [0.3, 0.4) is 0 Å². The average Bonchev–Trinajstić information content (AvgIpc) is 2.92. The summed E-state index contributed by atoms with van der Waals surface area (Å²) in [6.07, 6.45) is 0. The Morgan fingerprint density at radius 1 is 1.00 bits per heavy atom. The molecule has 5 rings (SSSR count). The summed E-state index contributed by atoms with van der Waals surface area (Å²) in [6.45, 7) is -0.577. The van der Waals surface area contributed by atoms with Crippen molar-refractivity contribution in [3.8, 4) is 0 Å². The summed E-state index contributed by atoms with van der Waals surface area (Å²) in [5, 5.41) is 42.0. The number of hydroxylamine groups is 2. The first-order valence-corrected chi connectivity index (χ1v) is 9.49. The zero-order chi connectivity index (χ0) is 18.3. The van der Waals surface area contributed by atoms with E-state index >= 15 is 0 Å². The molecule has 1 amide bonds. The Balaban J connectivity index is 1.91. The maximum Gasteiger partial charge on any atom is 0.502 e. The van der Waals surface area contributed by atoms with Gasteiger partial charge in [-0.2, -0.15) is 9.69 Å². The van der Waals surface area contributed by atoms with Crippen molar-refractivity contribution in [3.05, 3.63) is 0 Å². The number of aliphatic hydroxyl groups excluding tert-OH is 1. The Hall–Kier alpha value is -0.510. The lowest BCUT2D eigenvalue weighted by atomic mass is 9.82. The minimum absolute atomic E-state index is 0.0845. The van der Waals surface area contributed by atoms with Crippen molar-refractivity contribution in [2.45, 2.75) is 36.0 Å². The maximum absolute atomic E-state index is 12.6. The van der Waals surface area contributed by atoms with Gasteiger partial charge in [0.15, 0.2) is 0 Å². The minimum Gasteiger partial charge on any atom is -0.391 e. The van der Waals surface area contributed by atoms with E-state index in [1.165, 1.54) is 0 Å². The predicted molar refractivity (Wildman–Crippen MR) is 62.7 cm³/mol. The largest absolute Gasteiger partial charge is 0.502 e. The molecule has 5 saturated heterocycles. The number of phosphoric ester groups is 2. The van der Waals surface area contributed by atoms with Crippen LogP contribution in [-0.4, -0.2) is 67.1 Å². The standard InChI is InChI=1S/C8H9NO14P2/c1-3(11)9-5-7(13)6(12)4(2-10,18-25(16,20-6)23-9)17-8(5,14)22-24(15,19-5)21-7/h10,12-14H,2H2,1H3/t4-,5-,6-,7-,8?,24?,25?/m1/s1. The molecule has 0 radical (unpaired) electrons. The molecular formula is C8H9NO14P2. The molecule has 140 valence electrons. The first kappa shape index (κ1) is 16.6. The molecule has 0 aromatic heterocycles. The number of carbonyl (C=O) groups is 1. The molecule has 0 aliphatic carbocycles. The van der Waals surface area contributed by atoms with Gasteiger partial charge in [0, 0.05) is 6.92 Å². The van der Waals surface area contributed by atoms with Crippen LogP contribution in [0.4, 0.5) is 0 Å². The fourth-order valence-corrected chi connectivity index (χ4v) is 6.92. The number of carbonyl (C=O) groups excluding carboxylic acids is 1. The summed E-state index contributed by atoms with van der Waals surface area (Å²) >= 11 is 0. The van der Waals surface area contributed by atoms with E-state index in [0.717, 1.165) is 6.92 Å². The number of rotatable bonds is 1. The van der Waals surface area contributed by atoms with E-state index in [1.54, 1.807) is 0 Å². The maximum atomic E-state index is 12.6. The molecule has 4 bridgehead atoms. The summed E-state index contributed by atoms with van der Waals surface area (Å²) in [6, 6.07) is 0. The van der Waals surface area contributed by atoms with Crippen LogP contribution in [0.25, 0.3) is 0 Å². The van der Waals surface area contributed by atoms with Gasteiger partial charge in [0.1, 0.15) is 6.61 Å². The second kappa shape index (κ2) is 3.86. The number of amides is 1. The molecule has 0 aromatic rings. The van der Waals surface area contributed by atoms with Gasteiger partial charge >= 0.3 is 27.3 Å². The average molecular weight is 405 g/mol. The van der Waals surface area contributed by atoms with Crippen LogP contribution in [0.1, 0.15) is 6.92 Å². The van der Waals surface area contributed by atoms with Crippen LogP contribution < -0.4 is 0 Å². The molecule has 7 atom stereocenters. The molecular weight excluding hydrogens is 396 g/mol. The van der Waals surface area contributed by atoms with Crippen molar-refractivity contribution >= 4 is 21.6 Å². The molecule has 25 heavy (non-hydrogen) atoms. The van der Waals surface area contributed by atoms with Crippen LogP contribution in [0.5, 0.6) is 0 Å². The molecule has 5 heterocycles. The van der Waals surface area contributed by atoms with E-state index in [2.05, 4.69) is 4.52 Å². The first-order chi connectivity index (χ1) is 11.3. The van der Waals surface area contributed by atoms with Gasteiger partial charge < -0.3 is 20.4 Å². The Morgan fingerprint density at radius 2 is 1.64 bits per heavy atom. The van der Waals surface area contributed by atoms with E-state index in [1.807, 2.05) is 0 Å². The van der Waals surface area contributed by atoms with Crippen molar-refractivity contribution in [3.63, 3.8) is 0 Å². The van der Waals surface area contributed by atoms with E-state index in [0.29, 0.717) is 0 Å². The first-order valence-electron chi connectivity index (χ1n) is 6.56. The van der Waals surface area contributed by atoms with Crippen molar-refractivity contribution in [1.82, 2.24) is 5.06 Å². The van der Waals surface area contributed by atoms with Crippen molar-refractivity contribution < 1.29 is 66.3 Å². The van der Waals surface area contributed by atoms with Crippen molar-refractivity contribution in [2.75, 3.05) is 6.61 Å². The van der Waals surface area contributed by atoms with Gasteiger partial charge in [-0.1, -0.05) is 0 Å². The smallest absolute Gasteiger partial charge is 0.391 e. The SMILES string of the molecule is CC(=O)N1OP2(=O)O[C@@]3(CO)OC4(O)OP5(=O)O[C@@](O)([C@]3(O)O2)[C@]14O5. The number of hydrogen-bond acceptors (Lipinski definition) is 14. The molecule has 5 aliphatic heterocycles. The summed E-state index contributed by atoms with van der Waals surface area (Å²) in [5.74, 6) is -14.4. The third-order valence-corrected chi connectivity index (χ3v) is 7.17. The Kier molecular flexibility index (Phi) is 2.57. The van der Waals surface area contributed by atoms with Gasteiger partial charge in [0.25, 0.3) is 17.4 Å². The van der Waals surface area contributed by atoms with Gasteiger partial charge in [-0.15, -0.1) is 0 Å². The van der Waals surface area contributed by atoms with E-state index in [4.69, 9.17) is 27.5 Å². The number of nitrogens with zero attached hydrogens (tertiary/aromatic N) is 1. The van der Waals surface area contributed by atoms with Gasteiger partial charge in [-0.3, -0.25) is 9.53 Å². The number of ether oxygens (including phenoxy) is 1. The summed E-state index contributed by atoms with van der Waals surface area (Å²) in [5.41, 5.74) is -3.19. The highest BCUT2D eigenvalue weighted by Crippen LogP contribution is 2.86. The van der Waals surface area contributed by atoms with E-state index < -0.39 is 57.2 Å².